The summed E-state index contributed by atoms with van der Waals surface area (Å²) in [6.45, 7) is 14.0. The molecule has 0 heterocycles. The molecule has 0 N–H and O–H groups in total. The Labute approximate surface area is 97.6 Å². The van der Waals surface area contributed by atoms with Crippen LogP contribution in [0.5, 0.6) is 0 Å². The van der Waals surface area contributed by atoms with Crippen LogP contribution >= 0.6 is 0 Å². The van der Waals surface area contributed by atoms with Gasteiger partial charge < -0.3 is 6.42 Å². The monoisotopic (exact) mass is 241 g/mol. The average Bonchev–Trinajstić information content (AvgIpc) is 1.78. The summed E-state index contributed by atoms with van der Waals surface area (Å²) < 4.78 is 0. The summed E-state index contributed by atoms with van der Waals surface area (Å²) in [4.78, 5) is 0. The molecule has 0 aromatic heterocycles. The van der Waals surface area contributed by atoms with Crippen molar-refractivity contribution in [2.45, 2.75) is 27.7 Å². The molecule has 0 atom stereocenters. The van der Waals surface area contributed by atoms with E-state index in [0.29, 0.717) is 0 Å². The van der Waals surface area contributed by atoms with Gasteiger partial charge in [-0.1, -0.05) is 13.8 Å². The molecule has 0 aliphatic heterocycles. The maximum Gasteiger partial charge on any atom is 0 e. The molecule has 0 bridgehead atoms. The first-order chi connectivity index (χ1) is 3.41. The minimum Gasteiger partial charge on any atom is -0.335 e. The van der Waals surface area contributed by atoms with Crippen LogP contribution in [0.2, 0.25) is 0 Å². The van der Waals surface area contributed by atoms with Crippen LogP contribution in [0, 0.1) is 6.42 Å². The fraction of sp³-hybridized carbons (Fsp3) is 0.571. The number of hydrogen-bond donors (Lipinski definition) is 0. The van der Waals surface area contributed by atoms with Crippen LogP contribution in [0.1, 0.15) is 27.7 Å². The van der Waals surface area contributed by atoms with Gasteiger partial charge in [-0.25, -0.2) is 0 Å². The van der Waals surface area contributed by atoms with E-state index in [9.17, 15) is 0 Å². The Morgan fingerprint density at radius 1 is 1.00 bits per heavy atom. The van der Waals surface area contributed by atoms with Crippen molar-refractivity contribution in [1.82, 2.24) is 0 Å². The first-order valence-corrected chi connectivity index (χ1v) is 2.65. The molecule has 0 aromatic carbocycles. The zero-order chi connectivity index (χ0) is 6.71. The molecule has 0 saturated carbocycles. The van der Waals surface area contributed by atoms with E-state index in [1.54, 1.807) is 0 Å². The van der Waals surface area contributed by atoms with Gasteiger partial charge in [0.15, 0.2) is 0 Å². The topological polar surface area (TPSA) is 0 Å². The van der Waals surface area contributed by atoms with Crippen LogP contribution in [0.4, 0.5) is 0 Å². The van der Waals surface area contributed by atoms with E-state index in [1.165, 1.54) is 0 Å². The molecular formula is C7H17VY-. The summed E-state index contributed by atoms with van der Waals surface area (Å²) in [6, 6.07) is 0. The van der Waals surface area contributed by atoms with E-state index in [-0.39, 0.29) is 51.3 Å². The average molecular weight is 241 g/mol. The van der Waals surface area contributed by atoms with Gasteiger partial charge in [0.1, 0.15) is 0 Å². The van der Waals surface area contributed by atoms with Crippen LogP contribution in [-0.2, 0) is 51.3 Å². The third-order valence-electron chi connectivity index (χ3n) is 0. The second-order valence-corrected chi connectivity index (χ2v) is 0.577. The summed E-state index contributed by atoms with van der Waals surface area (Å²) in [5.41, 5.74) is 0. The Bertz CT molecular complexity index is 12.9. The van der Waals surface area contributed by atoms with Gasteiger partial charge >= 0.3 is 0 Å². The third-order valence-corrected chi connectivity index (χ3v) is 0. The fourth-order valence-electron chi connectivity index (χ4n) is 0. The van der Waals surface area contributed by atoms with Crippen molar-refractivity contribution in [3.63, 3.8) is 0 Å². The van der Waals surface area contributed by atoms with Crippen molar-refractivity contribution in [3.8, 4) is 0 Å². The van der Waals surface area contributed by atoms with E-state index >= 15 is 0 Å². The molecule has 0 rings (SSSR count). The molecular weight excluding hydrogens is 224 g/mol. The van der Waals surface area contributed by atoms with Crippen LogP contribution in [0.25, 0.3) is 0 Å². The first kappa shape index (κ1) is 31.5. The van der Waals surface area contributed by atoms with Crippen LogP contribution < -0.4 is 0 Å². The zero-order valence-electron chi connectivity index (χ0n) is 7.02. The molecule has 9 heavy (non-hydrogen) atoms. The third kappa shape index (κ3) is 255. The molecule has 2 heteroatoms. The standard InChI is InChI=1S/C3H7.C2H6.C2H4.V.Y/c1-3-2;2*1-2;;/h3H,1-2H3;1-2H3;1-2H2;;/q-1;;;;. The maximum absolute atomic E-state index is 3.00. The molecule has 0 nitrogen and oxygen atoms in total. The van der Waals surface area contributed by atoms with Gasteiger partial charge in [0, 0.05) is 51.3 Å². The van der Waals surface area contributed by atoms with Gasteiger partial charge in [0.25, 0.3) is 0 Å². The summed E-state index contributed by atoms with van der Waals surface area (Å²) in [5, 5.41) is 0. The molecule has 54 valence electrons. The van der Waals surface area contributed by atoms with E-state index < -0.39 is 0 Å². The van der Waals surface area contributed by atoms with Crippen molar-refractivity contribution < 1.29 is 51.3 Å². The normalized spacial score (nSPS) is 3.11. The number of rotatable bonds is 0. The van der Waals surface area contributed by atoms with Gasteiger partial charge in [-0.15, -0.1) is 13.2 Å². The molecule has 0 fully saturated rings. The van der Waals surface area contributed by atoms with Crippen molar-refractivity contribution in [2.24, 2.45) is 0 Å². The van der Waals surface area contributed by atoms with Crippen LogP contribution in [-0.4, -0.2) is 0 Å². The minimum absolute atomic E-state index is 0. The summed E-state index contributed by atoms with van der Waals surface area (Å²) in [6.07, 6.45) is 2.00. The van der Waals surface area contributed by atoms with Gasteiger partial charge in [0.05, 0.1) is 0 Å². The Balaban J connectivity index is -0.00000000825. The predicted octanol–water partition coefficient (Wildman–Crippen LogP) is 3.05. The van der Waals surface area contributed by atoms with Crippen LogP contribution in [0.3, 0.4) is 0 Å². The Morgan fingerprint density at radius 3 is 1.00 bits per heavy atom. The first-order valence-electron chi connectivity index (χ1n) is 2.65. The summed E-state index contributed by atoms with van der Waals surface area (Å²) >= 11 is 0. The van der Waals surface area contributed by atoms with Crippen molar-refractivity contribution >= 4 is 0 Å². The Hall–Kier alpha value is 1.43. The van der Waals surface area contributed by atoms with E-state index in [0.717, 1.165) is 0 Å². The minimum atomic E-state index is 0. The van der Waals surface area contributed by atoms with Gasteiger partial charge in [-0.3, -0.25) is 0 Å². The summed E-state index contributed by atoms with van der Waals surface area (Å²) in [5.74, 6) is 0. The van der Waals surface area contributed by atoms with Crippen LogP contribution in [0.15, 0.2) is 13.2 Å². The molecule has 0 saturated heterocycles. The molecule has 0 aromatic rings. The zero-order valence-corrected chi connectivity index (χ0v) is 11.3. The SMILES string of the molecule is C=C.CC.C[CH-]C.[V].[Y]. The van der Waals surface area contributed by atoms with E-state index in [2.05, 4.69) is 13.2 Å². The predicted molar refractivity (Wildman–Crippen MR) is 38.2 cm³/mol. The molecule has 0 unspecified atom stereocenters. The van der Waals surface area contributed by atoms with Gasteiger partial charge in [-0.2, -0.15) is 13.8 Å². The van der Waals surface area contributed by atoms with Crippen molar-refractivity contribution in [2.75, 3.05) is 0 Å². The second kappa shape index (κ2) is 114. The maximum atomic E-state index is 3.00. The molecule has 2 radical (unpaired) electrons. The smallest absolute Gasteiger partial charge is 0 e. The Morgan fingerprint density at radius 2 is 1.00 bits per heavy atom. The quantitative estimate of drug-likeness (QED) is 0.451. The number of hydrogen-bond acceptors (Lipinski definition) is 0. The molecule has 0 aliphatic carbocycles. The van der Waals surface area contributed by atoms with Gasteiger partial charge in [0.2, 0.25) is 0 Å². The van der Waals surface area contributed by atoms with E-state index in [1.807, 2.05) is 34.1 Å². The second-order valence-electron chi connectivity index (χ2n) is 0.577. The van der Waals surface area contributed by atoms with Crippen molar-refractivity contribution in [3.05, 3.63) is 19.6 Å². The largest absolute Gasteiger partial charge is 0.335 e. The molecule has 0 amide bonds. The summed E-state index contributed by atoms with van der Waals surface area (Å²) in [7, 11) is 0. The molecule has 0 aliphatic rings. The fourth-order valence-corrected chi connectivity index (χ4v) is 0. The van der Waals surface area contributed by atoms with Crippen molar-refractivity contribution in [1.29, 1.82) is 0 Å². The Kier molecular flexibility index (Phi) is 397. The van der Waals surface area contributed by atoms with E-state index in [4.69, 9.17) is 0 Å². The van der Waals surface area contributed by atoms with Gasteiger partial charge in [-0.05, 0) is 0 Å². The molecule has 0 spiro atoms.